The van der Waals surface area contributed by atoms with Gasteiger partial charge in [0.1, 0.15) is 0 Å². The number of aliphatic hydroxyl groups excluding tert-OH is 1. The first-order valence-electron chi connectivity index (χ1n) is 7.98. The molecule has 2 unspecified atom stereocenters. The highest BCUT2D eigenvalue weighted by molar-refractivity contribution is 5.41. The second-order valence-electron chi connectivity index (χ2n) is 6.33. The third kappa shape index (κ3) is 3.23. The molecule has 0 aromatic heterocycles. The molecule has 0 spiro atoms. The fourth-order valence-corrected chi connectivity index (χ4v) is 3.43. The van der Waals surface area contributed by atoms with E-state index in [2.05, 4.69) is 0 Å². The molecule has 24 heavy (non-hydrogen) atoms. The van der Waals surface area contributed by atoms with Crippen molar-refractivity contribution in [2.45, 2.75) is 18.1 Å². The Morgan fingerprint density at radius 1 is 1.25 bits per heavy atom. The summed E-state index contributed by atoms with van der Waals surface area (Å²) >= 11 is 0. The molecule has 0 bridgehead atoms. The van der Waals surface area contributed by atoms with Crippen molar-refractivity contribution in [3.8, 4) is 11.5 Å². The number of nitrogens with zero attached hydrogens (tertiary/aromatic N) is 1. The lowest BCUT2D eigenvalue weighted by Gasteiger charge is -2.24. The topological polar surface area (TPSA) is 52.9 Å². The number of benzene rings is 2. The Balaban J connectivity index is 1.78. The maximum Gasteiger partial charge on any atom is 0.160 e. The van der Waals surface area contributed by atoms with Crippen molar-refractivity contribution in [3.63, 3.8) is 0 Å². The second kappa shape index (κ2) is 6.79. The third-order valence-corrected chi connectivity index (χ3v) is 4.67. The normalized spacial score (nSPS) is 24.2. The number of hydrogen-bond donors (Lipinski definition) is 2. The van der Waals surface area contributed by atoms with Crippen molar-refractivity contribution in [1.82, 2.24) is 4.90 Å². The molecule has 128 valence electrons. The number of methoxy groups -OCH3 is 1. The van der Waals surface area contributed by atoms with Gasteiger partial charge in [-0.3, -0.25) is 4.90 Å². The first-order chi connectivity index (χ1) is 11.6. The monoisotopic (exact) mass is 331 g/mol. The Morgan fingerprint density at radius 2 is 2.00 bits per heavy atom. The second-order valence-corrected chi connectivity index (χ2v) is 6.33. The van der Waals surface area contributed by atoms with Crippen LogP contribution in [0.4, 0.5) is 4.39 Å². The Kier molecular flexibility index (Phi) is 4.73. The molecule has 4 nitrogen and oxygen atoms in total. The number of aromatic hydroxyl groups is 1. The fourth-order valence-electron chi connectivity index (χ4n) is 3.43. The van der Waals surface area contributed by atoms with Crippen molar-refractivity contribution in [1.29, 1.82) is 0 Å². The van der Waals surface area contributed by atoms with Crippen LogP contribution in [-0.4, -0.2) is 47.6 Å². The van der Waals surface area contributed by atoms with E-state index in [1.54, 1.807) is 12.1 Å². The summed E-state index contributed by atoms with van der Waals surface area (Å²) < 4.78 is 20.2. The lowest BCUT2D eigenvalue weighted by Crippen LogP contribution is -2.36. The smallest absolute Gasteiger partial charge is 0.160 e. The number of alkyl halides is 1. The molecule has 2 aromatic carbocycles. The fraction of sp³-hybridized carbons (Fsp3) is 0.368. The van der Waals surface area contributed by atoms with Gasteiger partial charge in [0.2, 0.25) is 0 Å². The molecule has 1 aliphatic rings. The van der Waals surface area contributed by atoms with Crippen LogP contribution in [0.15, 0.2) is 48.5 Å². The summed E-state index contributed by atoms with van der Waals surface area (Å²) in [4.78, 5) is 1.97. The van der Waals surface area contributed by atoms with E-state index < -0.39 is 12.3 Å². The lowest BCUT2D eigenvalue weighted by atomic mass is 9.87. The summed E-state index contributed by atoms with van der Waals surface area (Å²) in [5.41, 5.74) is 0.118. The van der Waals surface area contributed by atoms with Crippen LogP contribution in [0, 0.1) is 0 Å². The van der Waals surface area contributed by atoms with E-state index in [1.165, 1.54) is 7.11 Å². The molecular formula is C19H22FNO3. The summed E-state index contributed by atoms with van der Waals surface area (Å²) in [7, 11) is 1.50. The standard InChI is InChI=1S/C19H22FNO3/c1-24-18-8-7-14(9-17(18)23)10-21-11-16(19(20,12-21)13-22)15-5-3-2-4-6-15/h2-9,16,22-23H,10-13H2,1H3. The number of phenols is 1. The van der Waals surface area contributed by atoms with Gasteiger partial charge < -0.3 is 14.9 Å². The van der Waals surface area contributed by atoms with Gasteiger partial charge in [-0.25, -0.2) is 4.39 Å². The quantitative estimate of drug-likeness (QED) is 0.884. The summed E-state index contributed by atoms with van der Waals surface area (Å²) in [5, 5.41) is 19.5. The summed E-state index contributed by atoms with van der Waals surface area (Å²) in [6.45, 7) is 0.688. The highest BCUT2D eigenvalue weighted by Gasteiger charge is 2.47. The predicted octanol–water partition coefficient (Wildman–Crippen LogP) is 2.70. The molecule has 1 fully saturated rings. The molecule has 2 atom stereocenters. The van der Waals surface area contributed by atoms with Crippen molar-refractivity contribution in [2.75, 3.05) is 26.8 Å². The SMILES string of the molecule is COc1ccc(CN2CC(c3ccccc3)C(F)(CO)C2)cc1O. The molecule has 0 amide bonds. The molecule has 0 aliphatic carbocycles. The Bertz CT molecular complexity index is 694. The highest BCUT2D eigenvalue weighted by atomic mass is 19.1. The zero-order valence-electron chi connectivity index (χ0n) is 13.7. The van der Waals surface area contributed by atoms with E-state index in [0.717, 1.165) is 11.1 Å². The van der Waals surface area contributed by atoms with Gasteiger partial charge >= 0.3 is 0 Å². The van der Waals surface area contributed by atoms with Gasteiger partial charge in [-0.1, -0.05) is 36.4 Å². The lowest BCUT2D eigenvalue weighted by molar-refractivity contribution is 0.0646. The van der Waals surface area contributed by atoms with Crippen molar-refractivity contribution in [3.05, 3.63) is 59.7 Å². The van der Waals surface area contributed by atoms with Crippen molar-refractivity contribution < 1.29 is 19.3 Å². The van der Waals surface area contributed by atoms with Crippen LogP contribution in [0.3, 0.4) is 0 Å². The molecular weight excluding hydrogens is 309 g/mol. The highest BCUT2D eigenvalue weighted by Crippen LogP contribution is 2.39. The number of ether oxygens (including phenoxy) is 1. The summed E-state index contributed by atoms with van der Waals surface area (Å²) in [6, 6.07) is 14.7. The predicted molar refractivity (Wildman–Crippen MR) is 90.0 cm³/mol. The van der Waals surface area contributed by atoms with Crippen LogP contribution in [0.5, 0.6) is 11.5 Å². The number of rotatable bonds is 5. The zero-order valence-corrected chi connectivity index (χ0v) is 13.7. The number of likely N-dealkylation sites (tertiary alicyclic amines) is 1. The maximum absolute atomic E-state index is 15.2. The number of phenolic OH excluding ortho intramolecular Hbond substituents is 1. The molecule has 0 saturated carbocycles. The van der Waals surface area contributed by atoms with Gasteiger partial charge in [0.05, 0.1) is 13.7 Å². The minimum absolute atomic E-state index is 0.0717. The van der Waals surface area contributed by atoms with Gasteiger partial charge in [0.15, 0.2) is 17.2 Å². The van der Waals surface area contributed by atoms with Crippen LogP contribution in [0.25, 0.3) is 0 Å². The third-order valence-electron chi connectivity index (χ3n) is 4.67. The minimum Gasteiger partial charge on any atom is -0.504 e. The van der Waals surface area contributed by atoms with Crippen molar-refractivity contribution in [2.24, 2.45) is 0 Å². The van der Waals surface area contributed by atoms with Gasteiger partial charge in [0, 0.05) is 25.6 Å². The van der Waals surface area contributed by atoms with Crippen LogP contribution < -0.4 is 4.74 Å². The van der Waals surface area contributed by atoms with Crippen molar-refractivity contribution >= 4 is 0 Å². The number of halogens is 1. The number of aliphatic hydroxyl groups is 1. The molecule has 2 N–H and O–H groups in total. The molecule has 1 saturated heterocycles. The Labute approximate surface area is 141 Å². The summed E-state index contributed by atoms with van der Waals surface area (Å²) in [6.07, 6.45) is 0. The van der Waals surface area contributed by atoms with E-state index in [1.807, 2.05) is 41.3 Å². The van der Waals surface area contributed by atoms with Crippen LogP contribution >= 0.6 is 0 Å². The summed E-state index contributed by atoms with van der Waals surface area (Å²) in [5.74, 6) is 0.121. The first-order valence-corrected chi connectivity index (χ1v) is 7.98. The Morgan fingerprint density at radius 3 is 2.62 bits per heavy atom. The van der Waals surface area contributed by atoms with E-state index >= 15 is 4.39 Å². The molecule has 1 heterocycles. The molecule has 2 aromatic rings. The maximum atomic E-state index is 15.2. The van der Waals surface area contributed by atoms with Gasteiger partial charge in [0.25, 0.3) is 0 Å². The number of hydrogen-bond acceptors (Lipinski definition) is 4. The van der Waals surface area contributed by atoms with E-state index in [0.29, 0.717) is 18.8 Å². The first kappa shape index (κ1) is 16.7. The largest absolute Gasteiger partial charge is 0.504 e. The van der Waals surface area contributed by atoms with E-state index in [9.17, 15) is 10.2 Å². The van der Waals surface area contributed by atoms with Gasteiger partial charge in [-0.05, 0) is 23.3 Å². The van der Waals surface area contributed by atoms with E-state index in [4.69, 9.17) is 4.74 Å². The van der Waals surface area contributed by atoms with Crippen LogP contribution in [0.1, 0.15) is 17.0 Å². The van der Waals surface area contributed by atoms with Gasteiger partial charge in [-0.2, -0.15) is 0 Å². The average molecular weight is 331 g/mol. The Hall–Kier alpha value is -2.11. The molecule has 3 rings (SSSR count). The average Bonchev–Trinajstić information content (AvgIpc) is 2.93. The minimum atomic E-state index is -1.66. The zero-order chi connectivity index (χ0) is 17.2. The van der Waals surface area contributed by atoms with E-state index in [-0.39, 0.29) is 18.2 Å². The molecule has 1 aliphatic heterocycles. The van der Waals surface area contributed by atoms with Crippen LogP contribution in [-0.2, 0) is 6.54 Å². The van der Waals surface area contributed by atoms with Crippen LogP contribution in [0.2, 0.25) is 0 Å². The molecule has 0 radical (unpaired) electrons. The van der Waals surface area contributed by atoms with Gasteiger partial charge in [-0.15, -0.1) is 0 Å². The molecule has 5 heteroatoms.